The van der Waals surface area contributed by atoms with Crippen LogP contribution in [0, 0.1) is 0 Å². The van der Waals surface area contributed by atoms with Crippen molar-refractivity contribution in [2.24, 2.45) is 5.73 Å². The number of nitrogens with two attached hydrogens (primary N) is 1. The van der Waals surface area contributed by atoms with E-state index in [1.807, 2.05) is 6.92 Å². The van der Waals surface area contributed by atoms with Crippen molar-refractivity contribution in [2.45, 2.75) is 38.4 Å². The summed E-state index contributed by atoms with van der Waals surface area (Å²) in [4.78, 5) is 10.9. The zero-order valence-electron chi connectivity index (χ0n) is 9.85. The van der Waals surface area contributed by atoms with E-state index in [0.717, 1.165) is 0 Å². The summed E-state index contributed by atoms with van der Waals surface area (Å²) >= 11 is 0. The third kappa shape index (κ3) is 10.1. The van der Waals surface area contributed by atoms with Crippen molar-refractivity contribution in [3.05, 3.63) is 0 Å². The standard InChI is InChI=1S/C10H19F3N2O2/c1-2-15-8(9(14)16)4-7-17-6-3-5-10(11,12)13/h8,15H,2-7H2,1H3,(H2,14,16). The molecule has 0 aliphatic rings. The van der Waals surface area contributed by atoms with Gasteiger partial charge in [0.25, 0.3) is 0 Å². The van der Waals surface area contributed by atoms with E-state index >= 15 is 0 Å². The summed E-state index contributed by atoms with van der Waals surface area (Å²) in [5.41, 5.74) is 5.12. The lowest BCUT2D eigenvalue weighted by Crippen LogP contribution is -2.41. The number of hydrogen-bond acceptors (Lipinski definition) is 3. The van der Waals surface area contributed by atoms with E-state index < -0.39 is 24.5 Å². The van der Waals surface area contributed by atoms with Crippen LogP contribution in [0.3, 0.4) is 0 Å². The molecule has 0 rings (SSSR count). The van der Waals surface area contributed by atoms with Crippen LogP contribution in [0.2, 0.25) is 0 Å². The molecule has 0 fully saturated rings. The lowest BCUT2D eigenvalue weighted by Gasteiger charge is -2.14. The van der Waals surface area contributed by atoms with Gasteiger partial charge in [-0.15, -0.1) is 0 Å². The quantitative estimate of drug-likeness (QED) is 0.609. The van der Waals surface area contributed by atoms with Crippen molar-refractivity contribution in [2.75, 3.05) is 19.8 Å². The van der Waals surface area contributed by atoms with Crippen LogP contribution in [0.1, 0.15) is 26.2 Å². The number of carbonyl (C=O) groups is 1. The van der Waals surface area contributed by atoms with Gasteiger partial charge < -0.3 is 15.8 Å². The molecule has 1 unspecified atom stereocenters. The Kier molecular flexibility index (Phi) is 7.90. The molecular formula is C10H19F3N2O2. The van der Waals surface area contributed by atoms with E-state index in [1.54, 1.807) is 0 Å². The summed E-state index contributed by atoms with van der Waals surface area (Å²) in [7, 11) is 0. The normalized spacial score (nSPS) is 13.6. The van der Waals surface area contributed by atoms with Crippen molar-refractivity contribution in [3.8, 4) is 0 Å². The van der Waals surface area contributed by atoms with Crippen LogP contribution in [-0.4, -0.2) is 37.9 Å². The number of alkyl halides is 3. The van der Waals surface area contributed by atoms with Gasteiger partial charge >= 0.3 is 6.18 Å². The van der Waals surface area contributed by atoms with E-state index in [1.165, 1.54) is 0 Å². The summed E-state index contributed by atoms with van der Waals surface area (Å²) < 4.78 is 40.3. The highest BCUT2D eigenvalue weighted by molar-refractivity contribution is 5.79. The minimum atomic E-state index is -4.14. The molecule has 0 heterocycles. The minimum absolute atomic E-state index is 0.0388. The zero-order valence-corrected chi connectivity index (χ0v) is 9.85. The summed E-state index contributed by atoms with van der Waals surface area (Å²) in [6, 6.07) is -0.484. The Balaban J connectivity index is 3.52. The number of amides is 1. The number of halogens is 3. The van der Waals surface area contributed by atoms with Gasteiger partial charge in [0.15, 0.2) is 0 Å². The lowest BCUT2D eigenvalue weighted by molar-refractivity contribution is -0.137. The average molecular weight is 256 g/mol. The van der Waals surface area contributed by atoms with Gasteiger partial charge in [-0.05, 0) is 19.4 Å². The Morgan fingerprint density at radius 2 is 2.06 bits per heavy atom. The minimum Gasteiger partial charge on any atom is -0.381 e. The van der Waals surface area contributed by atoms with Crippen LogP contribution in [0.5, 0.6) is 0 Å². The van der Waals surface area contributed by atoms with Crippen LogP contribution in [-0.2, 0) is 9.53 Å². The maximum atomic E-state index is 11.8. The third-order valence-corrected chi connectivity index (χ3v) is 2.09. The Hall–Kier alpha value is -0.820. The van der Waals surface area contributed by atoms with Gasteiger partial charge in [0.1, 0.15) is 0 Å². The molecule has 102 valence electrons. The van der Waals surface area contributed by atoms with Crippen molar-refractivity contribution in [1.82, 2.24) is 5.32 Å². The fourth-order valence-electron chi connectivity index (χ4n) is 1.27. The van der Waals surface area contributed by atoms with Gasteiger partial charge in [-0.3, -0.25) is 4.79 Å². The number of primary amides is 1. The fourth-order valence-corrected chi connectivity index (χ4v) is 1.27. The number of carbonyl (C=O) groups excluding carboxylic acids is 1. The molecule has 3 N–H and O–H groups in total. The summed E-state index contributed by atoms with van der Waals surface area (Å²) in [6.45, 7) is 2.69. The highest BCUT2D eigenvalue weighted by Crippen LogP contribution is 2.20. The molecule has 0 radical (unpaired) electrons. The van der Waals surface area contributed by atoms with E-state index in [2.05, 4.69) is 5.32 Å². The predicted molar refractivity (Wildman–Crippen MR) is 57.4 cm³/mol. The monoisotopic (exact) mass is 256 g/mol. The molecule has 0 aromatic heterocycles. The molecular weight excluding hydrogens is 237 g/mol. The van der Waals surface area contributed by atoms with E-state index in [0.29, 0.717) is 13.0 Å². The number of likely N-dealkylation sites (N-methyl/N-ethyl adjacent to an activating group) is 1. The topological polar surface area (TPSA) is 64.3 Å². The smallest absolute Gasteiger partial charge is 0.381 e. The van der Waals surface area contributed by atoms with Crippen LogP contribution < -0.4 is 11.1 Å². The van der Waals surface area contributed by atoms with E-state index in [-0.39, 0.29) is 19.6 Å². The van der Waals surface area contributed by atoms with Gasteiger partial charge in [0.2, 0.25) is 5.91 Å². The highest BCUT2D eigenvalue weighted by Gasteiger charge is 2.25. The number of ether oxygens (including phenoxy) is 1. The van der Waals surface area contributed by atoms with Crippen LogP contribution >= 0.6 is 0 Å². The Morgan fingerprint density at radius 3 is 2.53 bits per heavy atom. The van der Waals surface area contributed by atoms with Crippen molar-refractivity contribution < 1.29 is 22.7 Å². The zero-order chi connectivity index (χ0) is 13.3. The van der Waals surface area contributed by atoms with E-state index in [4.69, 9.17) is 10.5 Å². The van der Waals surface area contributed by atoms with Gasteiger partial charge in [0, 0.05) is 19.6 Å². The van der Waals surface area contributed by atoms with Gasteiger partial charge in [-0.2, -0.15) is 13.2 Å². The first-order chi connectivity index (χ1) is 7.87. The molecule has 0 aromatic rings. The molecule has 0 saturated heterocycles. The SMILES string of the molecule is CCNC(CCOCCCC(F)(F)F)C(N)=O. The largest absolute Gasteiger partial charge is 0.389 e. The second kappa shape index (κ2) is 8.30. The van der Waals surface area contributed by atoms with Crippen LogP contribution in [0.25, 0.3) is 0 Å². The Labute approximate surface area is 98.7 Å². The van der Waals surface area contributed by atoms with Gasteiger partial charge in [-0.1, -0.05) is 6.92 Å². The first-order valence-electron chi connectivity index (χ1n) is 5.54. The highest BCUT2D eigenvalue weighted by atomic mass is 19.4. The second-order valence-corrected chi connectivity index (χ2v) is 3.63. The maximum absolute atomic E-state index is 11.8. The van der Waals surface area contributed by atoms with Gasteiger partial charge in [0.05, 0.1) is 6.04 Å². The molecule has 0 bridgehead atoms. The Morgan fingerprint density at radius 1 is 1.41 bits per heavy atom. The van der Waals surface area contributed by atoms with Crippen molar-refractivity contribution in [3.63, 3.8) is 0 Å². The molecule has 1 atom stereocenters. The number of hydrogen-bond donors (Lipinski definition) is 2. The van der Waals surface area contributed by atoms with Crippen molar-refractivity contribution in [1.29, 1.82) is 0 Å². The molecule has 7 heteroatoms. The predicted octanol–water partition coefficient (Wildman–Crippen LogP) is 1.20. The molecule has 0 aliphatic heterocycles. The average Bonchev–Trinajstić information content (AvgIpc) is 2.19. The molecule has 0 aliphatic carbocycles. The van der Waals surface area contributed by atoms with Crippen molar-refractivity contribution >= 4 is 5.91 Å². The fraction of sp³-hybridized carbons (Fsp3) is 0.900. The first kappa shape index (κ1) is 16.2. The van der Waals surface area contributed by atoms with E-state index in [9.17, 15) is 18.0 Å². The molecule has 17 heavy (non-hydrogen) atoms. The molecule has 1 amide bonds. The van der Waals surface area contributed by atoms with Crippen LogP contribution in [0.4, 0.5) is 13.2 Å². The maximum Gasteiger partial charge on any atom is 0.389 e. The van der Waals surface area contributed by atoms with Gasteiger partial charge in [-0.25, -0.2) is 0 Å². The second-order valence-electron chi connectivity index (χ2n) is 3.63. The molecule has 0 spiro atoms. The number of rotatable bonds is 9. The molecule has 0 aromatic carbocycles. The first-order valence-corrected chi connectivity index (χ1v) is 5.54. The van der Waals surface area contributed by atoms with Crippen LogP contribution in [0.15, 0.2) is 0 Å². The Bertz CT molecular complexity index is 222. The summed E-state index contributed by atoms with van der Waals surface area (Å²) in [5.74, 6) is -0.481. The lowest BCUT2D eigenvalue weighted by atomic mass is 10.2. The summed E-state index contributed by atoms with van der Waals surface area (Å²) in [6.07, 6.45) is -4.68. The molecule has 0 saturated carbocycles. The summed E-state index contributed by atoms with van der Waals surface area (Å²) in [5, 5.41) is 2.86. The number of nitrogens with one attached hydrogen (secondary N) is 1. The molecule has 4 nitrogen and oxygen atoms in total. The third-order valence-electron chi connectivity index (χ3n) is 2.09.